The largest absolute Gasteiger partial charge is 0.301 e. The highest BCUT2D eigenvalue weighted by molar-refractivity contribution is 4.76. The normalized spacial score (nSPS) is 23.2. The molecule has 1 heterocycles. The van der Waals surface area contributed by atoms with Crippen LogP contribution in [0.2, 0.25) is 0 Å². The van der Waals surface area contributed by atoms with Gasteiger partial charge in [-0.15, -0.1) is 0 Å². The second kappa shape index (κ2) is 4.86. The lowest BCUT2D eigenvalue weighted by Crippen LogP contribution is -2.44. The smallest absolute Gasteiger partial charge is 0.00694 e. The topological polar surface area (TPSA) is 3.24 Å². The van der Waals surface area contributed by atoms with Gasteiger partial charge in [-0.1, -0.05) is 26.7 Å². The molecule has 1 rings (SSSR count). The van der Waals surface area contributed by atoms with Gasteiger partial charge >= 0.3 is 0 Å². The standard InChI is InChI=1S/C11H23N/c1-4-6-10(2)9-11(3)12-7-5-8-12/h10-11H,4-9H2,1-3H3. The summed E-state index contributed by atoms with van der Waals surface area (Å²) in [5.74, 6) is 0.922. The molecule has 0 aromatic heterocycles. The fourth-order valence-corrected chi connectivity index (χ4v) is 2.12. The van der Waals surface area contributed by atoms with Gasteiger partial charge in [0.2, 0.25) is 0 Å². The van der Waals surface area contributed by atoms with Gasteiger partial charge in [0.25, 0.3) is 0 Å². The maximum absolute atomic E-state index is 2.60. The van der Waals surface area contributed by atoms with Crippen LogP contribution in [0.25, 0.3) is 0 Å². The third-order valence-corrected chi connectivity index (χ3v) is 3.04. The summed E-state index contributed by atoms with van der Waals surface area (Å²) < 4.78 is 0. The average molecular weight is 169 g/mol. The van der Waals surface area contributed by atoms with Gasteiger partial charge in [0, 0.05) is 6.04 Å². The Balaban J connectivity index is 2.11. The summed E-state index contributed by atoms with van der Waals surface area (Å²) in [6.07, 6.45) is 5.56. The molecule has 0 aromatic carbocycles. The van der Waals surface area contributed by atoms with Crippen LogP contribution in [0.15, 0.2) is 0 Å². The highest BCUT2D eigenvalue weighted by Gasteiger charge is 2.21. The Kier molecular flexibility index (Phi) is 4.07. The minimum atomic E-state index is 0.834. The molecular weight excluding hydrogens is 146 g/mol. The highest BCUT2D eigenvalue weighted by Crippen LogP contribution is 2.19. The van der Waals surface area contributed by atoms with Crippen molar-refractivity contribution in [3.05, 3.63) is 0 Å². The first-order chi connectivity index (χ1) is 5.74. The van der Waals surface area contributed by atoms with Crippen molar-refractivity contribution in [3.63, 3.8) is 0 Å². The zero-order valence-corrected chi connectivity index (χ0v) is 8.84. The van der Waals surface area contributed by atoms with Crippen molar-refractivity contribution in [2.45, 2.75) is 52.5 Å². The van der Waals surface area contributed by atoms with Crippen LogP contribution in [-0.2, 0) is 0 Å². The summed E-state index contributed by atoms with van der Waals surface area (Å²) in [5, 5.41) is 0. The highest BCUT2D eigenvalue weighted by atomic mass is 15.2. The summed E-state index contributed by atoms with van der Waals surface area (Å²) in [4.78, 5) is 2.60. The Morgan fingerprint density at radius 3 is 2.33 bits per heavy atom. The molecule has 1 aliphatic rings. The molecule has 1 nitrogen and oxygen atoms in total. The molecule has 0 aliphatic carbocycles. The first-order valence-corrected chi connectivity index (χ1v) is 5.48. The van der Waals surface area contributed by atoms with Gasteiger partial charge in [-0.05, 0) is 38.8 Å². The first kappa shape index (κ1) is 10.0. The molecule has 1 heteroatoms. The van der Waals surface area contributed by atoms with Crippen LogP contribution in [0.5, 0.6) is 0 Å². The zero-order valence-electron chi connectivity index (χ0n) is 8.84. The fourth-order valence-electron chi connectivity index (χ4n) is 2.12. The van der Waals surface area contributed by atoms with Gasteiger partial charge in [0.05, 0.1) is 0 Å². The SMILES string of the molecule is CCCC(C)CC(C)N1CCC1. The molecule has 2 atom stereocenters. The summed E-state index contributed by atoms with van der Waals surface area (Å²) in [6.45, 7) is 9.75. The maximum Gasteiger partial charge on any atom is 0.00694 e. The van der Waals surface area contributed by atoms with Crippen molar-refractivity contribution in [1.82, 2.24) is 4.90 Å². The van der Waals surface area contributed by atoms with Crippen LogP contribution in [0, 0.1) is 5.92 Å². The number of rotatable bonds is 5. The van der Waals surface area contributed by atoms with Crippen molar-refractivity contribution < 1.29 is 0 Å². The molecule has 0 bridgehead atoms. The van der Waals surface area contributed by atoms with Gasteiger partial charge < -0.3 is 4.90 Å². The molecule has 0 amide bonds. The Hall–Kier alpha value is -0.0400. The maximum atomic E-state index is 2.60. The summed E-state index contributed by atoms with van der Waals surface area (Å²) in [6, 6.07) is 0.834. The predicted octanol–water partition coefficient (Wildman–Crippen LogP) is 2.91. The number of hydrogen-bond acceptors (Lipinski definition) is 1. The molecule has 0 radical (unpaired) electrons. The van der Waals surface area contributed by atoms with E-state index in [-0.39, 0.29) is 0 Å². The van der Waals surface area contributed by atoms with Crippen molar-refractivity contribution in [3.8, 4) is 0 Å². The van der Waals surface area contributed by atoms with Gasteiger partial charge in [-0.3, -0.25) is 0 Å². The first-order valence-electron chi connectivity index (χ1n) is 5.48. The monoisotopic (exact) mass is 169 g/mol. The molecule has 0 saturated carbocycles. The Morgan fingerprint density at radius 1 is 1.25 bits per heavy atom. The van der Waals surface area contributed by atoms with E-state index in [1.54, 1.807) is 0 Å². The van der Waals surface area contributed by atoms with E-state index in [2.05, 4.69) is 25.7 Å². The van der Waals surface area contributed by atoms with E-state index >= 15 is 0 Å². The lowest BCUT2D eigenvalue weighted by molar-refractivity contribution is 0.111. The molecule has 0 aromatic rings. The second-order valence-corrected chi connectivity index (χ2v) is 4.37. The second-order valence-electron chi connectivity index (χ2n) is 4.37. The van der Waals surface area contributed by atoms with Gasteiger partial charge in [0.15, 0.2) is 0 Å². The third-order valence-electron chi connectivity index (χ3n) is 3.04. The van der Waals surface area contributed by atoms with E-state index in [9.17, 15) is 0 Å². The van der Waals surface area contributed by atoms with E-state index in [4.69, 9.17) is 0 Å². The third kappa shape index (κ3) is 2.78. The Bertz CT molecular complexity index is 118. The Labute approximate surface area is 77.1 Å². The van der Waals surface area contributed by atoms with Crippen LogP contribution in [-0.4, -0.2) is 24.0 Å². The van der Waals surface area contributed by atoms with Crippen LogP contribution in [0.3, 0.4) is 0 Å². The van der Waals surface area contributed by atoms with Crippen LogP contribution in [0.4, 0.5) is 0 Å². The molecule has 1 saturated heterocycles. The molecule has 2 unspecified atom stereocenters. The summed E-state index contributed by atoms with van der Waals surface area (Å²) >= 11 is 0. The molecular formula is C11H23N. The van der Waals surface area contributed by atoms with Crippen molar-refractivity contribution in [2.75, 3.05) is 13.1 Å². The van der Waals surface area contributed by atoms with Crippen LogP contribution >= 0.6 is 0 Å². The minimum absolute atomic E-state index is 0.834. The fraction of sp³-hybridized carbons (Fsp3) is 1.00. The lowest BCUT2D eigenvalue weighted by atomic mass is 9.96. The van der Waals surface area contributed by atoms with Crippen LogP contribution in [0.1, 0.15) is 46.5 Å². The Morgan fingerprint density at radius 2 is 1.92 bits per heavy atom. The van der Waals surface area contributed by atoms with E-state index < -0.39 is 0 Å². The van der Waals surface area contributed by atoms with Crippen LogP contribution < -0.4 is 0 Å². The van der Waals surface area contributed by atoms with Crippen molar-refractivity contribution >= 4 is 0 Å². The molecule has 1 fully saturated rings. The average Bonchev–Trinajstić information content (AvgIpc) is 1.82. The summed E-state index contributed by atoms with van der Waals surface area (Å²) in [5.41, 5.74) is 0. The summed E-state index contributed by atoms with van der Waals surface area (Å²) in [7, 11) is 0. The number of likely N-dealkylation sites (tertiary alicyclic amines) is 1. The molecule has 1 aliphatic heterocycles. The van der Waals surface area contributed by atoms with E-state index in [1.807, 2.05) is 0 Å². The molecule has 72 valence electrons. The number of nitrogens with zero attached hydrogens (tertiary/aromatic N) is 1. The van der Waals surface area contributed by atoms with E-state index in [0.717, 1.165) is 12.0 Å². The quantitative estimate of drug-likeness (QED) is 0.611. The number of hydrogen-bond donors (Lipinski definition) is 0. The predicted molar refractivity (Wildman–Crippen MR) is 54.3 cm³/mol. The molecule has 0 N–H and O–H groups in total. The molecule has 12 heavy (non-hydrogen) atoms. The van der Waals surface area contributed by atoms with Crippen molar-refractivity contribution in [1.29, 1.82) is 0 Å². The van der Waals surface area contributed by atoms with Gasteiger partial charge in [0.1, 0.15) is 0 Å². The van der Waals surface area contributed by atoms with E-state index in [0.29, 0.717) is 0 Å². The molecule has 0 spiro atoms. The van der Waals surface area contributed by atoms with Gasteiger partial charge in [-0.25, -0.2) is 0 Å². The van der Waals surface area contributed by atoms with Gasteiger partial charge in [-0.2, -0.15) is 0 Å². The lowest BCUT2D eigenvalue weighted by Gasteiger charge is -2.37. The van der Waals surface area contributed by atoms with Crippen molar-refractivity contribution in [2.24, 2.45) is 5.92 Å². The minimum Gasteiger partial charge on any atom is -0.301 e. The zero-order chi connectivity index (χ0) is 8.97. The van der Waals surface area contributed by atoms with E-state index in [1.165, 1.54) is 38.8 Å².